The Balaban J connectivity index is 1.47. The van der Waals surface area contributed by atoms with Crippen molar-refractivity contribution in [2.24, 2.45) is 0 Å². The Morgan fingerprint density at radius 1 is 0.955 bits per heavy atom. The molecule has 4 rings (SSSR count). The average Bonchev–Trinajstić information content (AvgIpc) is 3.26. The number of ether oxygens (including phenoxy) is 1. The van der Waals surface area contributed by atoms with Gasteiger partial charge in [-0.3, -0.25) is 9.80 Å². The van der Waals surface area contributed by atoms with Gasteiger partial charge in [-0.25, -0.2) is 0 Å². The van der Waals surface area contributed by atoms with Gasteiger partial charge in [-0.15, -0.1) is 0 Å². The SMILES string of the molecule is CCN1CC2(CC2)OC2(CCCN(Cc3ccccc3)C2)C1. The molecule has 1 saturated carbocycles. The Morgan fingerprint density at radius 2 is 1.68 bits per heavy atom. The molecule has 1 aromatic rings. The molecule has 1 aromatic carbocycles. The normalized spacial score (nSPS) is 31.7. The smallest absolute Gasteiger partial charge is 0.0943 e. The van der Waals surface area contributed by atoms with Crippen molar-refractivity contribution in [1.82, 2.24) is 9.80 Å². The molecule has 0 bridgehead atoms. The average molecular weight is 300 g/mol. The van der Waals surface area contributed by atoms with E-state index in [1.165, 1.54) is 37.8 Å². The van der Waals surface area contributed by atoms with Crippen molar-refractivity contribution in [3.63, 3.8) is 0 Å². The lowest BCUT2D eigenvalue weighted by atomic mass is 9.89. The van der Waals surface area contributed by atoms with E-state index in [-0.39, 0.29) is 11.2 Å². The number of hydrogen-bond acceptors (Lipinski definition) is 3. The van der Waals surface area contributed by atoms with Gasteiger partial charge in [0.2, 0.25) is 0 Å². The van der Waals surface area contributed by atoms with Crippen LogP contribution in [0.4, 0.5) is 0 Å². The van der Waals surface area contributed by atoms with Crippen LogP contribution in [0.2, 0.25) is 0 Å². The third-order valence-electron chi connectivity index (χ3n) is 5.58. The molecule has 2 aliphatic heterocycles. The summed E-state index contributed by atoms with van der Waals surface area (Å²) >= 11 is 0. The van der Waals surface area contributed by atoms with Gasteiger partial charge >= 0.3 is 0 Å². The first-order valence-corrected chi connectivity index (χ1v) is 8.90. The third kappa shape index (κ3) is 2.94. The fraction of sp³-hybridized carbons (Fsp3) is 0.684. The first-order valence-electron chi connectivity index (χ1n) is 8.90. The molecule has 2 heterocycles. The second kappa shape index (κ2) is 5.63. The van der Waals surface area contributed by atoms with Gasteiger partial charge < -0.3 is 4.74 Å². The van der Waals surface area contributed by atoms with Crippen LogP contribution in [0.1, 0.15) is 38.2 Å². The largest absolute Gasteiger partial charge is 0.365 e. The summed E-state index contributed by atoms with van der Waals surface area (Å²) in [6.07, 6.45) is 5.03. The van der Waals surface area contributed by atoms with Crippen LogP contribution in [0.5, 0.6) is 0 Å². The summed E-state index contributed by atoms with van der Waals surface area (Å²) in [5.74, 6) is 0. The molecule has 3 nitrogen and oxygen atoms in total. The summed E-state index contributed by atoms with van der Waals surface area (Å²) in [4.78, 5) is 5.23. The molecule has 1 aliphatic carbocycles. The van der Waals surface area contributed by atoms with Crippen molar-refractivity contribution in [2.45, 2.75) is 50.4 Å². The highest BCUT2D eigenvalue weighted by Gasteiger charge is 2.55. The summed E-state index contributed by atoms with van der Waals surface area (Å²) in [6.45, 7) is 9.09. The quantitative estimate of drug-likeness (QED) is 0.853. The lowest BCUT2D eigenvalue weighted by Crippen LogP contribution is -2.62. The fourth-order valence-corrected chi connectivity index (χ4v) is 4.40. The number of likely N-dealkylation sites (N-methyl/N-ethyl adjacent to an activating group) is 1. The molecule has 3 heteroatoms. The first-order chi connectivity index (χ1) is 10.7. The van der Waals surface area contributed by atoms with E-state index in [0.717, 1.165) is 32.7 Å². The maximum Gasteiger partial charge on any atom is 0.0943 e. The van der Waals surface area contributed by atoms with Crippen molar-refractivity contribution in [3.05, 3.63) is 35.9 Å². The van der Waals surface area contributed by atoms with E-state index >= 15 is 0 Å². The van der Waals surface area contributed by atoms with Crippen LogP contribution >= 0.6 is 0 Å². The zero-order chi connectivity index (χ0) is 15.0. The minimum absolute atomic E-state index is 0.0811. The minimum atomic E-state index is 0.0811. The Hall–Kier alpha value is -0.900. The van der Waals surface area contributed by atoms with Gasteiger partial charge in [0.15, 0.2) is 0 Å². The Bertz CT molecular complexity index is 513. The van der Waals surface area contributed by atoms with Gasteiger partial charge in [-0.05, 0) is 44.3 Å². The van der Waals surface area contributed by atoms with Crippen LogP contribution in [-0.4, -0.2) is 53.7 Å². The second-order valence-corrected chi connectivity index (χ2v) is 7.57. The molecule has 0 aromatic heterocycles. The van der Waals surface area contributed by atoms with E-state index in [2.05, 4.69) is 47.1 Å². The molecule has 0 amide bonds. The van der Waals surface area contributed by atoms with Crippen LogP contribution in [0.3, 0.4) is 0 Å². The highest BCUT2D eigenvalue weighted by molar-refractivity contribution is 5.15. The molecule has 120 valence electrons. The van der Waals surface area contributed by atoms with Crippen molar-refractivity contribution in [1.29, 1.82) is 0 Å². The standard InChI is InChI=1S/C19H28N2O/c1-2-20-14-18(10-11-18)22-19(15-20)9-6-12-21(16-19)13-17-7-4-3-5-8-17/h3-5,7-8H,2,6,9-16H2,1H3. The maximum absolute atomic E-state index is 6.73. The third-order valence-corrected chi connectivity index (χ3v) is 5.58. The molecule has 3 fully saturated rings. The van der Waals surface area contributed by atoms with Gasteiger partial charge in [-0.2, -0.15) is 0 Å². The Kier molecular flexibility index (Phi) is 3.75. The van der Waals surface area contributed by atoms with Gasteiger partial charge in [-0.1, -0.05) is 37.3 Å². The number of likely N-dealkylation sites (tertiary alicyclic amines) is 1. The molecule has 2 spiro atoms. The molecule has 22 heavy (non-hydrogen) atoms. The zero-order valence-electron chi connectivity index (χ0n) is 13.8. The summed E-state index contributed by atoms with van der Waals surface area (Å²) < 4.78 is 6.73. The van der Waals surface area contributed by atoms with Crippen LogP contribution in [0.25, 0.3) is 0 Å². The molecular formula is C19H28N2O. The highest BCUT2D eigenvalue weighted by Crippen LogP contribution is 2.48. The van der Waals surface area contributed by atoms with Gasteiger partial charge in [0.1, 0.15) is 0 Å². The van der Waals surface area contributed by atoms with Crippen molar-refractivity contribution >= 4 is 0 Å². The summed E-state index contributed by atoms with van der Waals surface area (Å²) in [5.41, 5.74) is 1.71. The monoisotopic (exact) mass is 300 g/mol. The molecule has 1 unspecified atom stereocenters. The molecule has 2 saturated heterocycles. The molecule has 3 aliphatic rings. The van der Waals surface area contributed by atoms with E-state index in [1.807, 2.05) is 0 Å². The molecular weight excluding hydrogens is 272 g/mol. The predicted molar refractivity (Wildman–Crippen MR) is 88.8 cm³/mol. The molecule has 0 radical (unpaired) electrons. The van der Waals surface area contributed by atoms with Gasteiger partial charge in [0, 0.05) is 26.2 Å². The summed E-state index contributed by atoms with van der Waals surface area (Å²) in [5, 5.41) is 0. The van der Waals surface area contributed by atoms with E-state index in [0.29, 0.717) is 0 Å². The highest BCUT2D eigenvalue weighted by atomic mass is 16.5. The number of piperidine rings is 1. The van der Waals surface area contributed by atoms with E-state index in [9.17, 15) is 0 Å². The zero-order valence-corrected chi connectivity index (χ0v) is 13.8. The van der Waals surface area contributed by atoms with Crippen LogP contribution in [0, 0.1) is 0 Å². The summed E-state index contributed by atoms with van der Waals surface area (Å²) in [7, 11) is 0. The summed E-state index contributed by atoms with van der Waals surface area (Å²) in [6, 6.07) is 10.9. The maximum atomic E-state index is 6.73. The van der Waals surface area contributed by atoms with Crippen LogP contribution in [0.15, 0.2) is 30.3 Å². The lowest BCUT2D eigenvalue weighted by molar-refractivity contribution is -0.191. The Labute approximate surface area is 134 Å². The topological polar surface area (TPSA) is 15.7 Å². The first kappa shape index (κ1) is 14.7. The van der Waals surface area contributed by atoms with E-state index in [4.69, 9.17) is 4.74 Å². The lowest BCUT2D eigenvalue weighted by Gasteiger charge is -2.51. The number of morpholine rings is 1. The Morgan fingerprint density at radius 3 is 2.41 bits per heavy atom. The van der Waals surface area contributed by atoms with Crippen LogP contribution < -0.4 is 0 Å². The fourth-order valence-electron chi connectivity index (χ4n) is 4.40. The molecule has 1 atom stereocenters. The van der Waals surface area contributed by atoms with Crippen molar-refractivity contribution in [2.75, 3.05) is 32.7 Å². The van der Waals surface area contributed by atoms with Gasteiger partial charge in [0.25, 0.3) is 0 Å². The van der Waals surface area contributed by atoms with E-state index < -0.39 is 0 Å². The van der Waals surface area contributed by atoms with Crippen molar-refractivity contribution in [3.8, 4) is 0 Å². The predicted octanol–water partition coefficient (Wildman–Crippen LogP) is 2.91. The number of benzene rings is 1. The molecule has 0 N–H and O–H groups in total. The minimum Gasteiger partial charge on any atom is -0.365 e. The van der Waals surface area contributed by atoms with E-state index in [1.54, 1.807) is 0 Å². The number of hydrogen-bond donors (Lipinski definition) is 0. The second-order valence-electron chi connectivity index (χ2n) is 7.57. The number of rotatable bonds is 3. The van der Waals surface area contributed by atoms with Crippen molar-refractivity contribution < 1.29 is 4.74 Å². The number of nitrogens with zero attached hydrogens (tertiary/aromatic N) is 2. The van der Waals surface area contributed by atoms with Gasteiger partial charge in [0.05, 0.1) is 11.2 Å². The van der Waals surface area contributed by atoms with Crippen LogP contribution in [-0.2, 0) is 11.3 Å².